The number of carboxylic acid groups (broad SMARTS) is 1. The van der Waals surface area contributed by atoms with Crippen LogP contribution in [-0.4, -0.2) is 23.4 Å². The number of thioether (sulfide) groups is 1. The van der Waals surface area contributed by atoms with Crippen LogP contribution in [-0.2, 0) is 0 Å². The van der Waals surface area contributed by atoms with Crippen LogP contribution in [0.3, 0.4) is 0 Å². The lowest BCUT2D eigenvalue weighted by atomic mass is 10.1. The quantitative estimate of drug-likeness (QED) is 0.432. The molecular weight excluding hydrogens is 282 g/mol. The summed E-state index contributed by atoms with van der Waals surface area (Å²) in [5.41, 5.74) is 1.16. The highest BCUT2D eigenvalue weighted by atomic mass is 32.2. The average molecular weight is 309 g/mol. The Morgan fingerprint density at radius 3 is 2.52 bits per heavy atom. The van der Waals surface area contributed by atoms with E-state index in [9.17, 15) is 9.90 Å². The van der Waals surface area contributed by atoms with Gasteiger partial charge in [-0.05, 0) is 24.3 Å². The van der Waals surface area contributed by atoms with Gasteiger partial charge in [0.2, 0.25) is 0 Å². The Morgan fingerprint density at radius 1 is 1.14 bits per heavy atom. The number of rotatable bonds is 11. The molecule has 4 heteroatoms. The number of hydrogen-bond acceptors (Lipinski definition) is 3. The molecule has 0 saturated carbocycles. The highest BCUT2D eigenvalue weighted by Crippen LogP contribution is 2.28. The highest BCUT2D eigenvalue weighted by Gasteiger charge is 2.14. The number of carbonyl (C=O) groups is 1. The zero-order valence-corrected chi connectivity index (χ0v) is 14.0. The van der Waals surface area contributed by atoms with Gasteiger partial charge >= 0.3 is 5.97 Å². The monoisotopic (exact) mass is 309 g/mol. The molecule has 0 radical (unpaired) electrons. The van der Waals surface area contributed by atoms with Gasteiger partial charge in [0, 0.05) is 17.1 Å². The van der Waals surface area contributed by atoms with E-state index in [-0.39, 0.29) is 0 Å². The molecule has 0 bridgehead atoms. The third-order valence-electron chi connectivity index (χ3n) is 3.39. The molecule has 0 amide bonds. The van der Waals surface area contributed by atoms with Crippen LogP contribution in [0.5, 0.6) is 0 Å². The summed E-state index contributed by atoms with van der Waals surface area (Å²) in [7, 11) is 0. The van der Waals surface area contributed by atoms with E-state index in [0.717, 1.165) is 29.3 Å². The highest BCUT2D eigenvalue weighted by molar-refractivity contribution is 7.99. The first-order chi connectivity index (χ1) is 10.2. The van der Waals surface area contributed by atoms with E-state index in [2.05, 4.69) is 12.2 Å². The third-order valence-corrected chi connectivity index (χ3v) is 4.33. The molecule has 0 aliphatic heterocycles. The Hall–Kier alpha value is -1.16. The van der Waals surface area contributed by atoms with Crippen LogP contribution in [0.4, 0.5) is 5.69 Å². The molecule has 0 fully saturated rings. The lowest BCUT2D eigenvalue weighted by Crippen LogP contribution is -2.09. The van der Waals surface area contributed by atoms with Crippen LogP contribution in [0.2, 0.25) is 0 Å². The molecule has 118 valence electrons. The average Bonchev–Trinajstić information content (AvgIpc) is 2.46. The Labute approximate surface area is 132 Å². The Morgan fingerprint density at radius 2 is 1.86 bits per heavy atom. The minimum Gasteiger partial charge on any atom is -0.478 e. The standard InChI is InChI=1S/C17H27NO2S/c1-3-5-6-7-8-9-13-18-14-11-10-12-15(21-4-2)16(14)17(19)20/h10-12,18H,3-9,13H2,1-2H3,(H,19,20). The maximum absolute atomic E-state index is 11.5. The van der Waals surface area contributed by atoms with E-state index in [1.807, 2.05) is 25.1 Å². The summed E-state index contributed by atoms with van der Waals surface area (Å²) in [5, 5.41) is 12.7. The first-order valence-corrected chi connectivity index (χ1v) is 8.92. The second kappa shape index (κ2) is 10.6. The van der Waals surface area contributed by atoms with Gasteiger partial charge in [0.25, 0.3) is 0 Å². The van der Waals surface area contributed by atoms with Crippen LogP contribution in [0.1, 0.15) is 62.7 Å². The van der Waals surface area contributed by atoms with Crippen LogP contribution >= 0.6 is 11.8 Å². The van der Waals surface area contributed by atoms with Crippen LogP contribution in [0, 0.1) is 0 Å². The zero-order chi connectivity index (χ0) is 15.5. The molecule has 0 aliphatic rings. The van der Waals surface area contributed by atoms with E-state index in [0.29, 0.717) is 5.56 Å². The van der Waals surface area contributed by atoms with Gasteiger partial charge < -0.3 is 10.4 Å². The molecule has 3 nitrogen and oxygen atoms in total. The van der Waals surface area contributed by atoms with E-state index < -0.39 is 5.97 Å². The Bertz CT molecular complexity index is 435. The first-order valence-electron chi connectivity index (χ1n) is 7.93. The lowest BCUT2D eigenvalue weighted by Gasteiger charge is -2.12. The van der Waals surface area contributed by atoms with Crippen molar-refractivity contribution in [1.82, 2.24) is 0 Å². The molecule has 0 atom stereocenters. The number of carboxylic acids is 1. The van der Waals surface area contributed by atoms with Crippen molar-refractivity contribution in [1.29, 1.82) is 0 Å². The summed E-state index contributed by atoms with van der Waals surface area (Å²) in [4.78, 5) is 12.3. The van der Waals surface area contributed by atoms with Crippen molar-refractivity contribution in [3.05, 3.63) is 23.8 Å². The predicted molar refractivity (Wildman–Crippen MR) is 91.7 cm³/mol. The van der Waals surface area contributed by atoms with Gasteiger partial charge in [-0.25, -0.2) is 4.79 Å². The number of unbranched alkanes of at least 4 members (excludes halogenated alkanes) is 5. The largest absolute Gasteiger partial charge is 0.478 e. The van der Waals surface area contributed by atoms with Gasteiger partial charge in [0.1, 0.15) is 0 Å². The van der Waals surface area contributed by atoms with Crippen LogP contribution in [0.25, 0.3) is 0 Å². The fraction of sp³-hybridized carbons (Fsp3) is 0.588. The van der Waals surface area contributed by atoms with Crippen molar-refractivity contribution >= 4 is 23.4 Å². The molecule has 1 rings (SSSR count). The number of hydrogen-bond donors (Lipinski definition) is 2. The van der Waals surface area contributed by atoms with Crippen molar-refractivity contribution in [2.45, 2.75) is 57.3 Å². The second-order valence-corrected chi connectivity index (χ2v) is 6.42. The van der Waals surface area contributed by atoms with E-state index in [1.54, 1.807) is 11.8 Å². The van der Waals surface area contributed by atoms with Crippen LogP contribution in [0.15, 0.2) is 23.1 Å². The van der Waals surface area contributed by atoms with Crippen molar-refractivity contribution in [2.75, 3.05) is 17.6 Å². The number of nitrogens with one attached hydrogen (secondary N) is 1. The molecule has 1 aromatic carbocycles. The van der Waals surface area contributed by atoms with Crippen molar-refractivity contribution < 1.29 is 9.90 Å². The van der Waals surface area contributed by atoms with Crippen molar-refractivity contribution in [2.24, 2.45) is 0 Å². The molecule has 0 spiro atoms. The smallest absolute Gasteiger partial charge is 0.338 e. The fourth-order valence-corrected chi connectivity index (χ4v) is 3.13. The molecule has 21 heavy (non-hydrogen) atoms. The predicted octanol–water partition coefficient (Wildman–Crippen LogP) is 5.27. The summed E-state index contributed by atoms with van der Waals surface area (Å²) in [5.74, 6) is 0.0261. The minimum atomic E-state index is -0.850. The Balaban J connectivity index is 2.50. The number of aromatic carboxylic acids is 1. The maximum Gasteiger partial charge on any atom is 0.338 e. The number of anilines is 1. The van der Waals surface area contributed by atoms with E-state index in [4.69, 9.17) is 0 Å². The normalized spacial score (nSPS) is 10.6. The van der Waals surface area contributed by atoms with Gasteiger partial charge in [-0.3, -0.25) is 0 Å². The number of benzene rings is 1. The van der Waals surface area contributed by atoms with Crippen LogP contribution < -0.4 is 5.32 Å². The molecule has 0 unspecified atom stereocenters. The van der Waals surface area contributed by atoms with Gasteiger partial charge in [-0.2, -0.15) is 0 Å². The maximum atomic E-state index is 11.5. The molecule has 0 aromatic heterocycles. The summed E-state index contributed by atoms with van der Waals surface area (Å²) in [6.07, 6.45) is 7.45. The molecule has 2 N–H and O–H groups in total. The third kappa shape index (κ3) is 6.42. The summed E-state index contributed by atoms with van der Waals surface area (Å²) in [6, 6.07) is 5.67. The summed E-state index contributed by atoms with van der Waals surface area (Å²) < 4.78 is 0. The summed E-state index contributed by atoms with van der Waals surface area (Å²) in [6.45, 7) is 5.09. The summed E-state index contributed by atoms with van der Waals surface area (Å²) >= 11 is 1.58. The lowest BCUT2D eigenvalue weighted by molar-refractivity contribution is 0.0694. The van der Waals surface area contributed by atoms with E-state index >= 15 is 0 Å². The second-order valence-electron chi connectivity index (χ2n) is 5.11. The van der Waals surface area contributed by atoms with Gasteiger partial charge in [0.15, 0.2) is 0 Å². The van der Waals surface area contributed by atoms with Crippen molar-refractivity contribution in [3.63, 3.8) is 0 Å². The van der Waals surface area contributed by atoms with Gasteiger partial charge in [0.05, 0.1) is 5.56 Å². The van der Waals surface area contributed by atoms with Gasteiger partial charge in [-0.1, -0.05) is 52.0 Å². The van der Waals surface area contributed by atoms with Crippen molar-refractivity contribution in [3.8, 4) is 0 Å². The SMILES string of the molecule is CCCCCCCCNc1cccc(SCC)c1C(=O)O. The molecule has 0 heterocycles. The molecule has 0 aliphatic carbocycles. The molecular formula is C17H27NO2S. The molecule has 0 saturated heterocycles. The topological polar surface area (TPSA) is 49.3 Å². The van der Waals surface area contributed by atoms with Gasteiger partial charge in [-0.15, -0.1) is 11.8 Å². The zero-order valence-electron chi connectivity index (χ0n) is 13.2. The molecule has 1 aromatic rings. The minimum absolute atomic E-state index is 0.412. The van der Waals surface area contributed by atoms with E-state index in [1.165, 1.54) is 32.1 Å². The fourth-order valence-electron chi connectivity index (χ4n) is 2.30. The first kappa shape index (κ1) is 17.9. The Kier molecular flexibility index (Phi) is 8.99.